The first-order valence-corrected chi connectivity index (χ1v) is 8.44. The molecule has 1 atom stereocenters. The SMILES string of the molecule is CCO[Si](CCCC(N)CN)(OCC)OCC. The molecule has 0 amide bonds. The molecule has 6 heteroatoms. The molecule has 0 radical (unpaired) electrons. The highest BCUT2D eigenvalue weighted by Gasteiger charge is 2.39. The molecule has 0 rings (SSSR count). The molecule has 17 heavy (non-hydrogen) atoms. The van der Waals surface area contributed by atoms with E-state index in [9.17, 15) is 0 Å². The van der Waals surface area contributed by atoms with Gasteiger partial charge in [0.1, 0.15) is 0 Å². The van der Waals surface area contributed by atoms with E-state index in [1.54, 1.807) is 0 Å². The first-order valence-electron chi connectivity index (χ1n) is 6.51. The van der Waals surface area contributed by atoms with Gasteiger partial charge in [0, 0.05) is 38.5 Å². The number of hydrogen-bond donors (Lipinski definition) is 2. The van der Waals surface area contributed by atoms with Gasteiger partial charge in [0.15, 0.2) is 0 Å². The van der Waals surface area contributed by atoms with Crippen molar-refractivity contribution < 1.29 is 13.3 Å². The van der Waals surface area contributed by atoms with Gasteiger partial charge in [-0.25, -0.2) is 0 Å². The zero-order valence-electron chi connectivity index (χ0n) is 11.4. The predicted octanol–water partition coefficient (Wildman–Crippen LogP) is 1.10. The van der Waals surface area contributed by atoms with Crippen LogP contribution in [0.1, 0.15) is 33.6 Å². The maximum Gasteiger partial charge on any atom is 0.500 e. The monoisotopic (exact) mass is 264 g/mol. The van der Waals surface area contributed by atoms with Crippen molar-refractivity contribution in [2.75, 3.05) is 26.4 Å². The molecule has 0 spiro atoms. The third-order valence-corrected chi connectivity index (χ3v) is 5.60. The van der Waals surface area contributed by atoms with Crippen LogP contribution in [0.5, 0.6) is 0 Å². The molecule has 0 aromatic carbocycles. The van der Waals surface area contributed by atoms with Crippen LogP contribution in [0.2, 0.25) is 6.04 Å². The van der Waals surface area contributed by atoms with Crippen LogP contribution < -0.4 is 11.5 Å². The van der Waals surface area contributed by atoms with Crippen molar-refractivity contribution in [3.63, 3.8) is 0 Å². The Labute approximate surface area is 106 Å². The third-order valence-electron chi connectivity index (χ3n) is 2.45. The van der Waals surface area contributed by atoms with Crippen LogP contribution in [0.25, 0.3) is 0 Å². The third kappa shape index (κ3) is 7.12. The summed E-state index contributed by atoms with van der Waals surface area (Å²) in [6.45, 7) is 8.27. The lowest BCUT2D eigenvalue weighted by Gasteiger charge is -2.28. The lowest BCUT2D eigenvalue weighted by molar-refractivity contribution is 0.0706. The summed E-state index contributed by atoms with van der Waals surface area (Å²) >= 11 is 0. The Morgan fingerprint density at radius 3 is 1.82 bits per heavy atom. The van der Waals surface area contributed by atoms with E-state index in [4.69, 9.17) is 24.7 Å². The van der Waals surface area contributed by atoms with E-state index in [-0.39, 0.29) is 6.04 Å². The summed E-state index contributed by atoms with van der Waals surface area (Å²) < 4.78 is 17.2. The maximum absolute atomic E-state index is 5.79. The van der Waals surface area contributed by atoms with Gasteiger partial charge in [-0.3, -0.25) is 0 Å². The van der Waals surface area contributed by atoms with E-state index >= 15 is 0 Å². The summed E-state index contributed by atoms with van der Waals surface area (Å²) in [6.07, 6.45) is 1.82. The molecule has 0 heterocycles. The molecule has 0 saturated heterocycles. The molecule has 0 bridgehead atoms. The van der Waals surface area contributed by atoms with Crippen molar-refractivity contribution in [1.29, 1.82) is 0 Å². The summed E-state index contributed by atoms with van der Waals surface area (Å²) in [6, 6.07) is 0.877. The highest BCUT2D eigenvalue weighted by molar-refractivity contribution is 6.60. The van der Waals surface area contributed by atoms with Crippen molar-refractivity contribution in [2.45, 2.75) is 45.7 Å². The van der Waals surface area contributed by atoms with E-state index in [0.717, 1.165) is 18.9 Å². The van der Waals surface area contributed by atoms with Crippen LogP contribution in [0.3, 0.4) is 0 Å². The highest BCUT2D eigenvalue weighted by Crippen LogP contribution is 2.19. The van der Waals surface area contributed by atoms with Gasteiger partial charge in [0.25, 0.3) is 0 Å². The molecule has 5 nitrogen and oxygen atoms in total. The first kappa shape index (κ1) is 17.0. The largest absolute Gasteiger partial charge is 0.500 e. The van der Waals surface area contributed by atoms with Crippen molar-refractivity contribution in [2.24, 2.45) is 11.5 Å². The molecule has 0 aliphatic heterocycles. The van der Waals surface area contributed by atoms with Crippen LogP contribution in [0, 0.1) is 0 Å². The molecule has 0 aliphatic rings. The normalized spacial score (nSPS) is 13.9. The lowest BCUT2D eigenvalue weighted by atomic mass is 10.2. The van der Waals surface area contributed by atoms with Crippen molar-refractivity contribution in [1.82, 2.24) is 0 Å². The molecule has 0 aromatic rings. The van der Waals surface area contributed by atoms with Crippen molar-refractivity contribution >= 4 is 8.80 Å². The Hall–Kier alpha value is 0.0169. The Morgan fingerprint density at radius 2 is 1.47 bits per heavy atom. The van der Waals surface area contributed by atoms with E-state index in [0.29, 0.717) is 26.4 Å². The van der Waals surface area contributed by atoms with Crippen LogP contribution in [0.15, 0.2) is 0 Å². The molecule has 1 unspecified atom stereocenters. The van der Waals surface area contributed by atoms with Gasteiger partial charge >= 0.3 is 8.80 Å². The minimum atomic E-state index is -2.47. The molecule has 0 aromatic heterocycles. The Morgan fingerprint density at radius 1 is 1.00 bits per heavy atom. The van der Waals surface area contributed by atoms with Gasteiger partial charge in [-0.2, -0.15) is 0 Å². The van der Waals surface area contributed by atoms with Crippen LogP contribution in [-0.2, 0) is 13.3 Å². The minimum absolute atomic E-state index is 0.0616. The summed E-state index contributed by atoms with van der Waals surface area (Å²) in [5, 5.41) is 0. The standard InChI is InChI=1S/C11H28N2O3Si/c1-4-14-17(15-5-2,16-6-3)9-7-8-11(13)10-12/h11H,4-10,12-13H2,1-3H3. The van der Waals surface area contributed by atoms with Crippen LogP contribution in [0.4, 0.5) is 0 Å². The summed E-state index contributed by atoms with van der Waals surface area (Å²) in [4.78, 5) is 0. The van der Waals surface area contributed by atoms with Crippen molar-refractivity contribution in [3.05, 3.63) is 0 Å². The van der Waals surface area contributed by atoms with Crippen LogP contribution in [-0.4, -0.2) is 41.2 Å². The second kappa shape index (κ2) is 9.99. The zero-order valence-corrected chi connectivity index (χ0v) is 12.4. The van der Waals surface area contributed by atoms with E-state index in [2.05, 4.69) is 0 Å². The zero-order chi connectivity index (χ0) is 13.1. The topological polar surface area (TPSA) is 79.7 Å². The fraction of sp³-hybridized carbons (Fsp3) is 1.00. The predicted molar refractivity (Wildman–Crippen MR) is 71.7 cm³/mol. The average Bonchev–Trinajstić information content (AvgIpc) is 2.30. The average molecular weight is 264 g/mol. The van der Waals surface area contributed by atoms with Gasteiger partial charge < -0.3 is 24.7 Å². The summed E-state index contributed by atoms with van der Waals surface area (Å²) in [5.41, 5.74) is 11.3. The first-order chi connectivity index (χ1) is 8.14. The fourth-order valence-electron chi connectivity index (χ4n) is 1.70. The lowest BCUT2D eigenvalue weighted by Crippen LogP contribution is -2.46. The van der Waals surface area contributed by atoms with Gasteiger partial charge in [-0.15, -0.1) is 0 Å². The minimum Gasteiger partial charge on any atom is -0.374 e. The summed E-state index contributed by atoms with van der Waals surface area (Å²) in [5.74, 6) is 0. The molecule has 0 fully saturated rings. The van der Waals surface area contributed by atoms with Crippen molar-refractivity contribution in [3.8, 4) is 0 Å². The second-order valence-electron chi connectivity index (χ2n) is 3.87. The molecular weight excluding hydrogens is 236 g/mol. The molecular formula is C11H28N2O3Si. The molecule has 104 valence electrons. The van der Waals surface area contributed by atoms with Gasteiger partial charge in [-0.05, 0) is 33.6 Å². The maximum atomic E-state index is 5.79. The van der Waals surface area contributed by atoms with E-state index in [1.165, 1.54) is 0 Å². The Balaban J connectivity index is 4.23. The Kier molecular flexibility index (Phi) is 10.00. The second-order valence-corrected chi connectivity index (χ2v) is 6.60. The van der Waals surface area contributed by atoms with Gasteiger partial charge in [-0.1, -0.05) is 0 Å². The highest BCUT2D eigenvalue weighted by atomic mass is 28.4. The van der Waals surface area contributed by atoms with E-state index < -0.39 is 8.80 Å². The van der Waals surface area contributed by atoms with E-state index in [1.807, 2.05) is 20.8 Å². The number of hydrogen-bond acceptors (Lipinski definition) is 5. The number of rotatable bonds is 11. The smallest absolute Gasteiger partial charge is 0.374 e. The molecule has 4 N–H and O–H groups in total. The fourth-order valence-corrected chi connectivity index (χ4v) is 4.34. The van der Waals surface area contributed by atoms with Gasteiger partial charge in [0.05, 0.1) is 0 Å². The Bertz CT molecular complexity index is 167. The molecule has 0 aliphatic carbocycles. The van der Waals surface area contributed by atoms with Gasteiger partial charge in [0.2, 0.25) is 0 Å². The molecule has 0 saturated carbocycles. The van der Waals surface area contributed by atoms with Crippen LogP contribution >= 0.6 is 0 Å². The number of nitrogens with two attached hydrogens (primary N) is 2. The quantitative estimate of drug-likeness (QED) is 0.546. The summed E-state index contributed by atoms with van der Waals surface area (Å²) in [7, 11) is -2.47.